The van der Waals surface area contributed by atoms with Crippen molar-refractivity contribution in [2.45, 2.75) is 12.4 Å². The van der Waals surface area contributed by atoms with Crippen molar-refractivity contribution in [1.29, 1.82) is 0 Å². The van der Waals surface area contributed by atoms with Crippen LogP contribution in [-0.2, 0) is 12.4 Å². The molecular weight excluding hydrogens is 392 g/mol. The zero-order valence-electron chi connectivity index (χ0n) is 15.5. The largest absolute Gasteiger partial charge is 0.489 e. The molecule has 0 spiro atoms. The molecule has 3 rings (SSSR count). The maximum Gasteiger partial charge on any atom is 0.180 e. The Morgan fingerprint density at radius 3 is 2.55 bits per heavy atom. The number of nitrogens with zero attached hydrogens (tertiary/aromatic N) is 2. The first kappa shape index (κ1) is 20.5. The van der Waals surface area contributed by atoms with Gasteiger partial charge in [-0.05, 0) is 41.0 Å². The molecule has 0 fully saturated rings. The van der Waals surface area contributed by atoms with Crippen LogP contribution in [0, 0.1) is 11.6 Å². The third kappa shape index (κ3) is 6.73. The quantitative estimate of drug-likeness (QED) is 0.333. The van der Waals surface area contributed by atoms with Gasteiger partial charge in [0.15, 0.2) is 16.8 Å². The first-order valence-corrected chi connectivity index (χ1v) is 9.79. The molecule has 0 aliphatic carbocycles. The number of nitrogens with two attached hydrogens (primary N) is 1. The maximum atomic E-state index is 13.3. The SMILES string of the molecule is NC(=NN=Cc1cccc(OCc2ccc(F)c(F)c2)c1)SCc1ccccc1. The summed E-state index contributed by atoms with van der Waals surface area (Å²) in [6, 6.07) is 20.8. The van der Waals surface area contributed by atoms with Gasteiger partial charge in [-0.3, -0.25) is 0 Å². The number of ether oxygens (including phenoxy) is 1. The fraction of sp³-hybridized carbons (Fsp3) is 0.0909. The van der Waals surface area contributed by atoms with Gasteiger partial charge in [0.1, 0.15) is 12.4 Å². The van der Waals surface area contributed by atoms with Crippen LogP contribution < -0.4 is 10.5 Å². The Morgan fingerprint density at radius 2 is 1.76 bits per heavy atom. The number of benzene rings is 3. The highest BCUT2D eigenvalue weighted by molar-refractivity contribution is 8.13. The average Bonchev–Trinajstić information content (AvgIpc) is 2.74. The molecule has 29 heavy (non-hydrogen) atoms. The van der Waals surface area contributed by atoms with E-state index in [-0.39, 0.29) is 6.61 Å². The molecular formula is C22H19F2N3OS. The number of hydrogen-bond donors (Lipinski definition) is 1. The second-order valence-corrected chi connectivity index (χ2v) is 7.06. The normalized spacial score (nSPS) is 11.7. The van der Waals surface area contributed by atoms with Crippen LogP contribution in [-0.4, -0.2) is 11.4 Å². The molecule has 0 aliphatic rings. The number of rotatable bonds is 7. The van der Waals surface area contributed by atoms with E-state index in [1.807, 2.05) is 36.4 Å². The van der Waals surface area contributed by atoms with Crippen molar-refractivity contribution in [2.75, 3.05) is 0 Å². The summed E-state index contributed by atoms with van der Waals surface area (Å²) in [6.07, 6.45) is 1.57. The molecule has 0 bridgehead atoms. The van der Waals surface area contributed by atoms with Crippen molar-refractivity contribution in [3.8, 4) is 5.75 Å². The Balaban J connectivity index is 1.53. The van der Waals surface area contributed by atoms with Crippen molar-refractivity contribution in [1.82, 2.24) is 0 Å². The second-order valence-electron chi connectivity index (χ2n) is 6.07. The van der Waals surface area contributed by atoms with Crippen molar-refractivity contribution in [3.63, 3.8) is 0 Å². The molecule has 3 aromatic rings. The van der Waals surface area contributed by atoms with E-state index in [0.29, 0.717) is 16.5 Å². The van der Waals surface area contributed by atoms with Crippen LogP contribution in [0.4, 0.5) is 8.78 Å². The van der Waals surface area contributed by atoms with Crippen LogP contribution in [0.3, 0.4) is 0 Å². The van der Waals surface area contributed by atoms with E-state index in [1.54, 1.807) is 24.4 Å². The van der Waals surface area contributed by atoms with E-state index < -0.39 is 11.6 Å². The molecule has 3 aromatic carbocycles. The van der Waals surface area contributed by atoms with Crippen LogP contribution in [0.25, 0.3) is 0 Å². The van der Waals surface area contributed by atoms with E-state index in [1.165, 1.54) is 17.8 Å². The molecule has 0 saturated heterocycles. The van der Waals surface area contributed by atoms with Gasteiger partial charge < -0.3 is 10.5 Å². The summed E-state index contributed by atoms with van der Waals surface area (Å²) in [6.45, 7) is 0.124. The molecule has 0 amide bonds. The summed E-state index contributed by atoms with van der Waals surface area (Å²) in [4.78, 5) is 0. The fourth-order valence-electron chi connectivity index (χ4n) is 2.39. The Labute approximate surface area is 172 Å². The molecule has 0 heterocycles. The number of thioether (sulfide) groups is 1. The van der Waals surface area contributed by atoms with E-state index in [0.717, 1.165) is 29.0 Å². The zero-order valence-corrected chi connectivity index (χ0v) is 16.3. The zero-order chi connectivity index (χ0) is 20.5. The van der Waals surface area contributed by atoms with E-state index in [2.05, 4.69) is 10.2 Å². The van der Waals surface area contributed by atoms with E-state index in [4.69, 9.17) is 10.5 Å². The molecule has 0 aliphatic heterocycles. The van der Waals surface area contributed by atoms with Gasteiger partial charge in [0, 0.05) is 5.75 Å². The highest BCUT2D eigenvalue weighted by atomic mass is 32.2. The van der Waals surface area contributed by atoms with Gasteiger partial charge in [0.2, 0.25) is 0 Å². The minimum Gasteiger partial charge on any atom is -0.489 e. The van der Waals surface area contributed by atoms with Gasteiger partial charge in [-0.2, -0.15) is 5.10 Å². The molecule has 0 saturated carbocycles. The molecule has 0 aromatic heterocycles. The van der Waals surface area contributed by atoms with Gasteiger partial charge in [0.05, 0.1) is 6.21 Å². The Kier molecular flexibility index (Phi) is 7.35. The number of amidine groups is 1. The first-order valence-electron chi connectivity index (χ1n) is 8.80. The lowest BCUT2D eigenvalue weighted by molar-refractivity contribution is 0.305. The molecule has 0 atom stereocenters. The lowest BCUT2D eigenvalue weighted by Gasteiger charge is -2.07. The Hall–Kier alpha value is -3.19. The van der Waals surface area contributed by atoms with Crippen molar-refractivity contribution < 1.29 is 13.5 Å². The summed E-state index contributed by atoms with van der Waals surface area (Å²) in [7, 11) is 0. The molecule has 148 valence electrons. The van der Waals surface area contributed by atoms with E-state index in [9.17, 15) is 8.78 Å². The third-order valence-electron chi connectivity index (χ3n) is 3.84. The van der Waals surface area contributed by atoms with Crippen molar-refractivity contribution in [2.24, 2.45) is 15.9 Å². The summed E-state index contributed by atoms with van der Waals surface area (Å²) < 4.78 is 31.9. The monoisotopic (exact) mass is 411 g/mol. The first-order chi connectivity index (χ1) is 14.1. The van der Waals surface area contributed by atoms with Crippen molar-refractivity contribution in [3.05, 3.63) is 101 Å². The minimum absolute atomic E-state index is 0.124. The van der Waals surface area contributed by atoms with Crippen LogP contribution in [0.2, 0.25) is 0 Å². The third-order valence-corrected chi connectivity index (χ3v) is 4.70. The fourth-order valence-corrected chi connectivity index (χ4v) is 3.01. The summed E-state index contributed by atoms with van der Waals surface area (Å²) in [5.41, 5.74) is 8.34. The average molecular weight is 411 g/mol. The Bertz CT molecular complexity index is 1010. The summed E-state index contributed by atoms with van der Waals surface area (Å²) in [5, 5.41) is 8.36. The van der Waals surface area contributed by atoms with Gasteiger partial charge in [-0.25, -0.2) is 8.78 Å². The topological polar surface area (TPSA) is 60.0 Å². The Morgan fingerprint density at radius 1 is 0.931 bits per heavy atom. The number of halogens is 2. The van der Waals surface area contributed by atoms with Gasteiger partial charge in [-0.15, -0.1) is 5.10 Å². The van der Waals surface area contributed by atoms with Crippen LogP contribution >= 0.6 is 11.8 Å². The maximum absolute atomic E-state index is 13.3. The highest BCUT2D eigenvalue weighted by Crippen LogP contribution is 2.16. The smallest absolute Gasteiger partial charge is 0.180 e. The second kappa shape index (κ2) is 10.4. The van der Waals surface area contributed by atoms with Gasteiger partial charge in [0.25, 0.3) is 0 Å². The molecule has 0 radical (unpaired) electrons. The number of hydrogen-bond acceptors (Lipinski definition) is 4. The molecule has 0 unspecified atom stereocenters. The lowest BCUT2D eigenvalue weighted by atomic mass is 10.2. The standard InChI is InChI=1S/C22H19F2N3OS/c23-20-10-9-18(12-21(20)24)14-28-19-8-4-7-17(11-19)13-26-27-22(25)29-15-16-5-2-1-3-6-16/h1-13H,14-15H2,(H2,25,27). The van der Waals surface area contributed by atoms with Crippen LogP contribution in [0.1, 0.15) is 16.7 Å². The molecule has 2 N–H and O–H groups in total. The summed E-state index contributed by atoms with van der Waals surface area (Å²) in [5.74, 6) is -0.477. The predicted octanol–water partition coefficient (Wildman–Crippen LogP) is 5.13. The highest BCUT2D eigenvalue weighted by Gasteiger charge is 2.03. The molecule has 7 heteroatoms. The van der Waals surface area contributed by atoms with Gasteiger partial charge >= 0.3 is 0 Å². The minimum atomic E-state index is -0.896. The predicted molar refractivity (Wildman–Crippen MR) is 114 cm³/mol. The van der Waals surface area contributed by atoms with Crippen LogP contribution in [0.5, 0.6) is 5.75 Å². The van der Waals surface area contributed by atoms with Gasteiger partial charge in [-0.1, -0.05) is 60.3 Å². The van der Waals surface area contributed by atoms with Crippen molar-refractivity contribution >= 4 is 23.1 Å². The summed E-state index contributed by atoms with van der Waals surface area (Å²) >= 11 is 1.41. The lowest BCUT2D eigenvalue weighted by Crippen LogP contribution is -2.06. The van der Waals surface area contributed by atoms with Crippen LogP contribution in [0.15, 0.2) is 83.0 Å². The van der Waals surface area contributed by atoms with E-state index >= 15 is 0 Å². The molecule has 4 nitrogen and oxygen atoms in total.